The fourth-order valence-corrected chi connectivity index (χ4v) is 4.24. The number of nitrogens with one attached hydrogen (secondary N) is 2. The molecule has 0 heterocycles. The van der Waals surface area contributed by atoms with E-state index in [9.17, 15) is 19.2 Å². The first kappa shape index (κ1) is 33.9. The van der Waals surface area contributed by atoms with Crippen LogP contribution in [0.25, 0.3) is 0 Å². The second-order valence-corrected chi connectivity index (χ2v) is 11.4. The van der Waals surface area contributed by atoms with E-state index in [1.165, 1.54) is 12.0 Å². The van der Waals surface area contributed by atoms with Crippen LogP contribution in [-0.4, -0.2) is 60.6 Å². The van der Waals surface area contributed by atoms with Crippen molar-refractivity contribution in [2.75, 3.05) is 20.2 Å². The van der Waals surface area contributed by atoms with E-state index in [-0.39, 0.29) is 18.4 Å². The lowest BCUT2D eigenvalue weighted by molar-refractivity contribution is -0.145. The van der Waals surface area contributed by atoms with Crippen molar-refractivity contribution in [1.29, 1.82) is 0 Å². The van der Waals surface area contributed by atoms with E-state index in [4.69, 9.17) is 4.74 Å². The molecule has 0 saturated heterocycles. The van der Waals surface area contributed by atoms with Crippen molar-refractivity contribution >= 4 is 23.9 Å². The SMILES string of the molecule is CCCCCCCN(C(=O)C(CC(C)C)NC(=O)OC(C)(C)C)C(C(=O)NCC(=O)OC)c1cccc(C)c1. The van der Waals surface area contributed by atoms with E-state index in [2.05, 4.69) is 22.3 Å². The first-order valence-electron chi connectivity index (χ1n) is 14.0. The van der Waals surface area contributed by atoms with Crippen LogP contribution in [0.5, 0.6) is 0 Å². The standard InChI is InChI=1S/C30H49N3O6/c1-9-10-11-12-13-17-33(28(36)24(18-21(2)3)32-29(37)39-30(5,6)7)26(23-16-14-15-22(4)19-23)27(35)31-20-25(34)38-8/h14-16,19,21,24,26H,9-13,17-18,20H2,1-8H3,(H,31,35)(H,32,37). The number of benzene rings is 1. The third kappa shape index (κ3) is 13.0. The Kier molecular flexibility index (Phi) is 14.6. The Hall–Kier alpha value is -3.10. The van der Waals surface area contributed by atoms with Crippen LogP contribution in [0.1, 0.15) is 97.2 Å². The molecule has 2 unspecified atom stereocenters. The molecule has 2 N–H and O–H groups in total. The average Bonchev–Trinajstić information content (AvgIpc) is 2.84. The molecule has 1 rings (SSSR count). The van der Waals surface area contributed by atoms with Crippen LogP contribution in [0.3, 0.4) is 0 Å². The van der Waals surface area contributed by atoms with Gasteiger partial charge < -0.3 is 25.0 Å². The second-order valence-electron chi connectivity index (χ2n) is 11.4. The second kappa shape index (κ2) is 16.8. The average molecular weight is 548 g/mol. The molecule has 220 valence electrons. The highest BCUT2D eigenvalue weighted by Gasteiger charge is 2.36. The van der Waals surface area contributed by atoms with Crippen molar-refractivity contribution in [3.05, 3.63) is 35.4 Å². The van der Waals surface area contributed by atoms with Gasteiger partial charge in [-0.1, -0.05) is 76.3 Å². The summed E-state index contributed by atoms with van der Waals surface area (Å²) in [6, 6.07) is 5.51. The summed E-state index contributed by atoms with van der Waals surface area (Å²) >= 11 is 0. The van der Waals surface area contributed by atoms with Crippen LogP contribution >= 0.6 is 0 Å². The van der Waals surface area contributed by atoms with Crippen molar-refractivity contribution < 1.29 is 28.7 Å². The number of carbonyl (C=O) groups excluding carboxylic acids is 4. The molecule has 0 aliphatic heterocycles. The van der Waals surface area contributed by atoms with E-state index >= 15 is 0 Å². The van der Waals surface area contributed by atoms with Crippen molar-refractivity contribution in [2.45, 2.75) is 105 Å². The fourth-order valence-electron chi connectivity index (χ4n) is 4.24. The van der Waals surface area contributed by atoms with Crippen molar-refractivity contribution in [3.63, 3.8) is 0 Å². The molecule has 0 aliphatic rings. The molecule has 0 fully saturated rings. The highest BCUT2D eigenvalue weighted by Crippen LogP contribution is 2.25. The minimum atomic E-state index is -0.997. The maximum atomic E-state index is 14.2. The van der Waals surface area contributed by atoms with Gasteiger partial charge in [0.2, 0.25) is 11.8 Å². The molecule has 1 aromatic rings. The molecule has 9 heteroatoms. The summed E-state index contributed by atoms with van der Waals surface area (Å²) in [4.78, 5) is 53.8. The van der Waals surface area contributed by atoms with Crippen LogP contribution in [0.2, 0.25) is 0 Å². The maximum Gasteiger partial charge on any atom is 0.408 e. The molecule has 0 spiro atoms. The van der Waals surface area contributed by atoms with Crippen LogP contribution in [-0.2, 0) is 23.9 Å². The predicted molar refractivity (Wildman–Crippen MR) is 152 cm³/mol. The zero-order chi connectivity index (χ0) is 29.6. The Labute approximate surface area is 234 Å². The van der Waals surface area contributed by atoms with Crippen molar-refractivity contribution in [2.24, 2.45) is 5.92 Å². The number of aryl methyl sites for hydroxylation is 1. The van der Waals surface area contributed by atoms with Gasteiger partial charge in [-0.3, -0.25) is 14.4 Å². The van der Waals surface area contributed by atoms with Crippen molar-refractivity contribution in [3.8, 4) is 0 Å². The number of carbonyl (C=O) groups is 4. The van der Waals surface area contributed by atoms with Gasteiger partial charge in [0.25, 0.3) is 0 Å². The van der Waals surface area contributed by atoms with Gasteiger partial charge >= 0.3 is 12.1 Å². The number of nitrogens with zero attached hydrogens (tertiary/aromatic N) is 1. The van der Waals surface area contributed by atoms with Crippen LogP contribution in [0.4, 0.5) is 4.79 Å². The number of rotatable bonds is 15. The third-order valence-electron chi connectivity index (χ3n) is 6.03. The molecule has 0 bridgehead atoms. The minimum absolute atomic E-state index is 0.0888. The molecule has 0 radical (unpaired) electrons. The summed E-state index contributed by atoms with van der Waals surface area (Å²) < 4.78 is 10.1. The van der Waals surface area contributed by atoms with Crippen LogP contribution < -0.4 is 10.6 Å². The van der Waals surface area contributed by atoms with E-state index in [0.717, 1.165) is 31.2 Å². The third-order valence-corrected chi connectivity index (χ3v) is 6.03. The summed E-state index contributed by atoms with van der Waals surface area (Å²) in [5.41, 5.74) is 0.825. The van der Waals surface area contributed by atoms with Gasteiger partial charge in [0, 0.05) is 6.54 Å². The Morgan fingerprint density at radius 3 is 2.26 bits per heavy atom. The Morgan fingerprint density at radius 1 is 1.03 bits per heavy atom. The highest BCUT2D eigenvalue weighted by molar-refractivity contribution is 5.93. The molecule has 0 aromatic heterocycles. The van der Waals surface area contributed by atoms with Crippen LogP contribution in [0, 0.1) is 12.8 Å². The summed E-state index contributed by atoms with van der Waals surface area (Å²) in [5.74, 6) is -1.36. The highest BCUT2D eigenvalue weighted by atomic mass is 16.6. The first-order chi connectivity index (χ1) is 18.3. The molecule has 2 atom stereocenters. The predicted octanol–water partition coefficient (Wildman–Crippen LogP) is 5.06. The number of hydrogen-bond donors (Lipinski definition) is 2. The monoisotopic (exact) mass is 547 g/mol. The lowest BCUT2D eigenvalue weighted by Gasteiger charge is -2.35. The normalized spacial score (nSPS) is 12.8. The van der Waals surface area contributed by atoms with E-state index in [0.29, 0.717) is 24.9 Å². The van der Waals surface area contributed by atoms with Gasteiger partial charge in [0.05, 0.1) is 7.11 Å². The minimum Gasteiger partial charge on any atom is -0.468 e. The summed E-state index contributed by atoms with van der Waals surface area (Å²) in [6.45, 7) is 13.2. The number of ether oxygens (including phenoxy) is 2. The lowest BCUT2D eigenvalue weighted by Crippen LogP contribution is -2.54. The molecule has 39 heavy (non-hydrogen) atoms. The topological polar surface area (TPSA) is 114 Å². The zero-order valence-electron chi connectivity index (χ0n) is 25.1. The number of esters is 1. The first-order valence-corrected chi connectivity index (χ1v) is 14.0. The van der Waals surface area contributed by atoms with E-state index < -0.39 is 35.7 Å². The lowest BCUT2D eigenvalue weighted by atomic mass is 9.98. The number of hydrogen-bond acceptors (Lipinski definition) is 6. The zero-order valence-corrected chi connectivity index (χ0v) is 25.1. The largest absolute Gasteiger partial charge is 0.468 e. The molecule has 0 saturated carbocycles. The molecular weight excluding hydrogens is 498 g/mol. The van der Waals surface area contributed by atoms with E-state index in [1.54, 1.807) is 26.8 Å². The van der Waals surface area contributed by atoms with Crippen molar-refractivity contribution in [1.82, 2.24) is 15.5 Å². The van der Waals surface area contributed by atoms with Gasteiger partial charge in [0.1, 0.15) is 24.2 Å². The smallest absolute Gasteiger partial charge is 0.408 e. The van der Waals surface area contributed by atoms with Gasteiger partial charge in [0.15, 0.2) is 0 Å². The molecule has 0 aliphatic carbocycles. The van der Waals surface area contributed by atoms with Gasteiger partial charge in [-0.05, 0) is 52.0 Å². The Bertz CT molecular complexity index is 941. The fraction of sp³-hybridized carbons (Fsp3) is 0.667. The van der Waals surface area contributed by atoms with E-state index in [1.807, 2.05) is 39.0 Å². The number of unbranched alkanes of at least 4 members (excludes halogenated alkanes) is 4. The number of methoxy groups -OCH3 is 1. The van der Waals surface area contributed by atoms with Gasteiger partial charge in [-0.2, -0.15) is 0 Å². The van der Waals surface area contributed by atoms with Crippen LogP contribution in [0.15, 0.2) is 24.3 Å². The molecule has 3 amide bonds. The number of alkyl carbamates (subject to hydrolysis) is 1. The Morgan fingerprint density at radius 2 is 1.69 bits per heavy atom. The Balaban J connectivity index is 3.47. The number of amides is 3. The summed E-state index contributed by atoms with van der Waals surface area (Å²) in [6.07, 6.45) is 4.47. The molecular formula is C30H49N3O6. The molecule has 1 aromatic carbocycles. The summed E-state index contributed by atoms with van der Waals surface area (Å²) in [5, 5.41) is 5.38. The summed E-state index contributed by atoms with van der Waals surface area (Å²) in [7, 11) is 1.25. The molecule has 9 nitrogen and oxygen atoms in total. The maximum absolute atomic E-state index is 14.2. The van der Waals surface area contributed by atoms with Gasteiger partial charge in [-0.15, -0.1) is 0 Å². The van der Waals surface area contributed by atoms with Gasteiger partial charge in [-0.25, -0.2) is 4.79 Å². The quantitative estimate of drug-likeness (QED) is 0.234.